The quantitative estimate of drug-likeness (QED) is 0.721. The van der Waals surface area contributed by atoms with Crippen LogP contribution in [0.4, 0.5) is 0 Å². The number of nitriles is 1. The fourth-order valence-corrected chi connectivity index (χ4v) is 1.56. The van der Waals surface area contributed by atoms with Crippen LogP contribution < -0.4 is 5.49 Å². The van der Waals surface area contributed by atoms with Crippen molar-refractivity contribution >= 4 is 0 Å². The van der Waals surface area contributed by atoms with Crippen molar-refractivity contribution in [1.82, 2.24) is 9.71 Å². The van der Waals surface area contributed by atoms with Gasteiger partial charge in [-0.25, -0.2) is 4.98 Å². The van der Waals surface area contributed by atoms with Crippen LogP contribution in [0.1, 0.15) is 11.4 Å². The lowest BCUT2D eigenvalue weighted by Crippen LogP contribution is -2.25. The van der Waals surface area contributed by atoms with Gasteiger partial charge in [-0.1, -0.05) is 30.3 Å². The van der Waals surface area contributed by atoms with Crippen molar-refractivity contribution in [2.75, 3.05) is 0 Å². The van der Waals surface area contributed by atoms with Crippen molar-refractivity contribution in [3.05, 3.63) is 47.2 Å². The predicted octanol–water partition coefficient (Wildman–Crippen LogP) is 1.45. The molecule has 0 amide bonds. The normalized spacial score (nSPS) is 9.88. The first-order valence-electron chi connectivity index (χ1n) is 4.98. The van der Waals surface area contributed by atoms with Gasteiger partial charge in [0, 0.05) is 5.56 Å². The van der Waals surface area contributed by atoms with E-state index >= 15 is 0 Å². The predicted molar refractivity (Wildman–Crippen MR) is 60.2 cm³/mol. The Labute approximate surface area is 97.7 Å². The molecule has 0 bridgehead atoms. The number of aromatic nitrogens is 2. The molecule has 0 atom stereocenters. The number of benzene rings is 1. The van der Waals surface area contributed by atoms with Gasteiger partial charge in [0.15, 0.2) is 11.2 Å². The van der Waals surface area contributed by atoms with E-state index < -0.39 is 0 Å². The standard InChI is InChI=1S/C12H10N4O/c1-8-11(9-5-3-2-4-6-9)15-10(7-13)12(14)16(8)17/h2-6,14,17H,1H3. The summed E-state index contributed by atoms with van der Waals surface area (Å²) in [5.41, 5.74) is 1.33. The van der Waals surface area contributed by atoms with Crippen LogP contribution >= 0.6 is 0 Å². The van der Waals surface area contributed by atoms with E-state index in [1.807, 2.05) is 30.3 Å². The van der Waals surface area contributed by atoms with Crippen LogP contribution in [-0.2, 0) is 0 Å². The lowest BCUT2D eigenvalue weighted by atomic mass is 10.1. The summed E-state index contributed by atoms with van der Waals surface area (Å²) in [5.74, 6) is 0. The van der Waals surface area contributed by atoms with E-state index in [4.69, 9.17) is 10.7 Å². The Morgan fingerprint density at radius 1 is 1.35 bits per heavy atom. The number of nitrogens with one attached hydrogen (secondary N) is 1. The number of rotatable bonds is 1. The molecule has 0 aliphatic carbocycles. The maximum absolute atomic E-state index is 9.70. The Bertz CT molecular complexity index is 653. The second-order valence-electron chi connectivity index (χ2n) is 3.53. The maximum atomic E-state index is 9.70. The average molecular weight is 226 g/mol. The van der Waals surface area contributed by atoms with Crippen LogP contribution in [0, 0.1) is 23.7 Å². The Morgan fingerprint density at radius 3 is 2.59 bits per heavy atom. The summed E-state index contributed by atoms with van der Waals surface area (Å²) in [7, 11) is 0. The summed E-state index contributed by atoms with van der Waals surface area (Å²) in [5, 5.41) is 26.1. The third-order valence-electron chi connectivity index (χ3n) is 2.47. The molecule has 0 unspecified atom stereocenters. The molecular weight excluding hydrogens is 216 g/mol. The molecular formula is C12H10N4O. The topological polar surface area (TPSA) is 85.7 Å². The molecule has 17 heavy (non-hydrogen) atoms. The van der Waals surface area contributed by atoms with Gasteiger partial charge in [-0.15, -0.1) is 0 Å². The molecule has 0 fully saturated rings. The molecule has 0 saturated carbocycles. The Balaban J connectivity index is 2.77. The highest BCUT2D eigenvalue weighted by atomic mass is 16.5. The molecule has 1 aromatic heterocycles. The zero-order chi connectivity index (χ0) is 12.4. The Hall–Kier alpha value is -2.61. The lowest BCUT2D eigenvalue weighted by molar-refractivity contribution is 0.162. The van der Waals surface area contributed by atoms with Gasteiger partial charge in [-0.2, -0.15) is 9.99 Å². The molecule has 2 aromatic rings. The first-order chi connectivity index (χ1) is 8.15. The first-order valence-corrected chi connectivity index (χ1v) is 4.98. The van der Waals surface area contributed by atoms with E-state index in [9.17, 15) is 5.21 Å². The minimum absolute atomic E-state index is 0.100. The molecule has 0 saturated heterocycles. The fourth-order valence-electron chi connectivity index (χ4n) is 1.56. The van der Waals surface area contributed by atoms with Gasteiger partial charge in [0.05, 0.1) is 11.4 Å². The largest absolute Gasteiger partial charge is 0.427 e. The molecule has 0 aliphatic heterocycles. The Kier molecular flexibility index (Phi) is 2.63. The second-order valence-corrected chi connectivity index (χ2v) is 3.53. The third kappa shape index (κ3) is 1.76. The first kappa shape index (κ1) is 10.9. The molecule has 2 N–H and O–H groups in total. The smallest absolute Gasteiger partial charge is 0.197 e. The van der Waals surface area contributed by atoms with E-state index in [1.165, 1.54) is 0 Å². The average Bonchev–Trinajstić information content (AvgIpc) is 2.37. The number of hydrogen-bond donors (Lipinski definition) is 2. The summed E-state index contributed by atoms with van der Waals surface area (Å²) in [6.45, 7) is 1.65. The van der Waals surface area contributed by atoms with Crippen LogP contribution in [0.3, 0.4) is 0 Å². The van der Waals surface area contributed by atoms with Gasteiger partial charge < -0.3 is 5.21 Å². The van der Waals surface area contributed by atoms with E-state index in [2.05, 4.69) is 4.98 Å². The monoisotopic (exact) mass is 226 g/mol. The van der Waals surface area contributed by atoms with Gasteiger partial charge >= 0.3 is 0 Å². The van der Waals surface area contributed by atoms with E-state index in [-0.39, 0.29) is 11.2 Å². The zero-order valence-electron chi connectivity index (χ0n) is 9.18. The minimum Gasteiger partial charge on any atom is -0.427 e. The fraction of sp³-hybridized carbons (Fsp3) is 0.0833. The van der Waals surface area contributed by atoms with E-state index in [0.29, 0.717) is 16.1 Å². The highest BCUT2D eigenvalue weighted by Gasteiger charge is 2.11. The highest BCUT2D eigenvalue weighted by Crippen LogP contribution is 2.18. The lowest BCUT2D eigenvalue weighted by Gasteiger charge is -2.09. The van der Waals surface area contributed by atoms with Crippen molar-refractivity contribution in [3.8, 4) is 17.3 Å². The maximum Gasteiger partial charge on any atom is 0.197 e. The van der Waals surface area contributed by atoms with Crippen molar-refractivity contribution in [2.45, 2.75) is 6.92 Å². The highest BCUT2D eigenvalue weighted by molar-refractivity contribution is 5.61. The number of nitrogens with zero attached hydrogens (tertiary/aromatic N) is 3. The second kappa shape index (κ2) is 4.10. The molecule has 0 spiro atoms. The van der Waals surface area contributed by atoms with Crippen molar-refractivity contribution in [1.29, 1.82) is 10.7 Å². The Morgan fingerprint density at radius 2 is 2.00 bits per heavy atom. The molecule has 0 radical (unpaired) electrons. The minimum atomic E-state index is -0.301. The van der Waals surface area contributed by atoms with Crippen LogP contribution in [0.15, 0.2) is 30.3 Å². The molecule has 0 aliphatic rings. The summed E-state index contributed by atoms with van der Waals surface area (Å²) in [4.78, 5) is 4.09. The van der Waals surface area contributed by atoms with E-state index in [1.54, 1.807) is 13.0 Å². The summed E-state index contributed by atoms with van der Waals surface area (Å²) >= 11 is 0. The van der Waals surface area contributed by atoms with Crippen LogP contribution in [0.2, 0.25) is 0 Å². The molecule has 5 heteroatoms. The van der Waals surface area contributed by atoms with Crippen molar-refractivity contribution in [3.63, 3.8) is 0 Å². The van der Waals surface area contributed by atoms with Gasteiger partial charge in [0.25, 0.3) is 0 Å². The molecule has 2 rings (SSSR count). The summed E-state index contributed by atoms with van der Waals surface area (Å²) < 4.78 is 0.674. The van der Waals surface area contributed by atoms with Crippen molar-refractivity contribution < 1.29 is 5.21 Å². The van der Waals surface area contributed by atoms with E-state index in [0.717, 1.165) is 5.56 Å². The van der Waals surface area contributed by atoms with Crippen LogP contribution in [0.5, 0.6) is 0 Å². The summed E-state index contributed by atoms with van der Waals surface area (Å²) in [6.07, 6.45) is 0. The summed E-state index contributed by atoms with van der Waals surface area (Å²) in [6, 6.07) is 11.0. The zero-order valence-corrected chi connectivity index (χ0v) is 9.18. The van der Waals surface area contributed by atoms with Gasteiger partial charge in [0.1, 0.15) is 6.07 Å². The molecule has 5 nitrogen and oxygen atoms in total. The van der Waals surface area contributed by atoms with Gasteiger partial charge in [-0.3, -0.25) is 5.41 Å². The van der Waals surface area contributed by atoms with Gasteiger partial charge in [-0.05, 0) is 6.92 Å². The molecule has 1 heterocycles. The van der Waals surface area contributed by atoms with Gasteiger partial charge in [0.2, 0.25) is 0 Å². The molecule has 1 aromatic carbocycles. The third-order valence-corrected chi connectivity index (χ3v) is 2.47. The SMILES string of the molecule is Cc1c(-c2ccccc2)nc(C#N)c(=N)n1O. The van der Waals surface area contributed by atoms with Crippen LogP contribution in [-0.4, -0.2) is 14.9 Å². The van der Waals surface area contributed by atoms with Crippen molar-refractivity contribution in [2.24, 2.45) is 0 Å². The molecule has 84 valence electrons. The van der Waals surface area contributed by atoms with Crippen LogP contribution in [0.25, 0.3) is 11.3 Å². The number of hydrogen-bond acceptors (Lipinski definition) is 4.